The molecule has 0 aromatic heterocycles. The highest BCUT2D eigenvalue weighted by Crippen LogP contribution is 2.04. The van der Waals surface area contributed by atoms with E-state index in [1.807, 2.05) is 0 Å². The summed E-state index contributed by atoms with van der Waals surface area (Å²) >= 11 is 0. The van der Waals surface area contributed by atoms with E-state index in [1.54, 1.807) is 0 Å². The van der Waals surface area contributed by atoms with E-state index in [9.17, 15) is 14.4 Å². The van der Waals surface area contributed by atoms with Crippen molar-refractivity contribution in [2.75, 3.05) is 0 Å². The molecule has 0 saturated heterocycles. The first-order chi connectivity index (χ1) is 13.5. The summed E-state index contributed by atoms with van der Waals surface area (Å²) in [5.41, 5.74) is 0. The maximum absolute atomic E-state index is 11.7. The molecule has 0 unspecified atom stereocenters. The summed E-state index contributed by atoms with van der Waals surface area (Å²) in [6.07, 6.45) is 21.6. The molecule has 3 N–H and O–H groups in total. The van der Waals surface area contributed by atoms with Crippen LogP contribution in [-0.4, -0.2) is 34.1 Å². The number of allylic oxidation sites excluding steroid dienone is 6. The molecule has 0 heterocycles. The number of carbonyl (C=O) groups is 3. The monoisotopic (exact) mass is 393 g/mol. The third-order valence-corrected chi connectivity index (χ3v) is 4.06. The number of carboxylic acid groups (broad SMARTS) is 2. The van der Waals surface area contributed by atoms with Crippen molar-refractivity contribution in [1.29, 1.82) is 0 Å². The number of hydrogen-bond donors (Lipinski definition) is 3. The molecule has 0 spiro atoms. The van der Waals surface area contributed by atoms with Crippen LogP contribution < -0.4 is 5.32 Å². The number of aliphatic carboxylic acids is 2. The second-order valence-corrected chi connectivity index (χ2v) is 6.68. The van der Waals surface area contributed by atoms with Gasteiger partial charge in [-0.2, -0.15) is 0 Å². The third kappa shape index (κ3) is 17.1. The van der Waals surface area contributed by atoms with Gasteiger partial charge < -0.3 is 15.5 Å². The van der Waals surface area contributed by atoms with Crippen molar-refractivity contribution in [1.82, 2.24) is 5.32 Å². The van der Waals surface area contributed by atoms with Gasteiger partial charge in [-0.1, -0.05) is 56.2 Å². The van der Waals surface area contributed by atoms with Gasteiger partial charge in [0.25, 0.3) is 0 Å². The Hall–Kier alpha value is -2.37. The minimum atomic E-state index is -1.37. The molecule has 1 atom stereocenters. The zero-order chi connectivity index (χ0) is 21.0. The van der Waals surface area contributed by atoms with Gasteiger partial charge in [-0.05, 0) is 44.9 Å². The number of amides is 1. The van der Waals surface area contributed by atoms with E-state index in [4.69, 9.17) is 10.2 Å². The van der Waals surface area contributed by atoms with Gasteiger partial charge in [0.1, 0.15) is 6.04 Å². The Morgan fingerprint density at radius 1 is 0.821 bits per heavy atom. The predicted octanol–water partition coefficient (Wildman–Crippen LogP) is 4.62. The van der Waals surface area contributed by atoms with Crippen LogP contribution in [-0.2, 0) is 14.4 Å². The summed E-state index contributed by atoms with van der Waals surface area (Å²) in [4.78, 5) is 33.1. The minimum Gasteiger partial charge on any atom is -0.481 e. The number of rotatable bonds is 17. The van der Waals surface area contributed by atoms with Crippen molar-refractivity contribution in [2.45, 2.75) is 83.6 Å². The van der Waals surface area contributed by atoms with Gasteiger partial charge in [0.15, 0.2) is 0 Å². The van der Waals surface area contributed by atoms with E-state index in [1.165, 1.54) is 19.3 Å². The van der Waals surface area contributed by atoms with Crippen molar-refractivity contribution >= 4 is 17.8 Å². The molecule has 158 valence electrons. The number of unbranched alkanes of at least 4 members (excludes halogenated alkanes) is 5. The maximum atomic E-state index is 11.7. The van der Waals surface area contributed by atoms with E-state index in [-0.39, 0.29) is 6.42 Å². The summed E-state index contributed by atoms with van der Waals surface area (Å²) < 4.78 is 0. The molecule has 0 aliphatic rings. The molecule has 0 aromatic carbocycles. The number of carboxylic acids is 2. The lowest BCUT2D eigenvalue weighted by Gasteiger charge is -2.12. The highest BCUT2D eigenvalue weighted by atomic mass is 16.4. The Balaban J connectivity index is 3.71. The quantitative estimate of drug-likeness (QED) is 0.247. The molecule has 0 fully saturated rings. The van der Waals surface area contributed by atoms with Crippen LogP contribution in [0.4, 0.5) is 0 Å². The molecule has 0 aliphatic carbocycles. The zero-order valence-corrected chi connectivity index (χ0v) is 16.9. The van der Waals surface area contributed by atoms with Crippen LogP contribution in [0.1, 0.15) is 77.6 Å². The first-order valence-electron chi connectivity index (χ1n) is 10.2. The van der Waals surface area contributed by atoms with Gasteiger partial charge in [-0.15, -0.1) is 0 Å². The van der Waals surface area contributed by atoms with Crippen molar-refractivity contribution in [2.24, 2.45) is 0 Å². The Morgan fingerprint density at radius 3 is 1.86 bits per heavy atom. The molecule has 6 heteroatoms. The SMILES string of the molecule is CCCCC/C=C\C/C=C\C/C=C\CCCCC(=O)N[C@@H](CC(=O)O)C(=O)O. The topological polar surface area (TPSA) is 104 Å². The van der Waals surface area contributed by atoms with Crippen molar-refractivity contribution in [3.05, 3.63) is 36.5 Å². The molecule has 28 heavy (non-hydrogen) atoms. The molecule has 0 aromatic rings. The number of carbonyl (C=O) groups excluding carboxylic acids is 1. The lowest BCUT2D eigenvalue weighted by atomic mass is 10.1. The summed E-state index contributed by atoms with van der Waals surface area (Å²) in [5.74, 6) is -3.02. The molecule has 0 aliphatic heterocycles. The average Bonchev–Trinajstić information content (AvgIpc) is 2.64. The Bertz CT molecular complexity index is 537. The summed E-state index contributed by atoms with van der Waals surface area (Å²) in [5, 5.41) is 19.8. The lowest BCUT2D eigenvalue weighted by molar-refractivity contribution is -0.147. The fraction of sp³-hybridized carbons (Fsp3) is 0.591. The van der Waals surface area contributed by atoms with E-state index in [0.717, 1.165) is 32.1 Å². The van der Waals surface area contributed by atoms with E-state index in [0.29, 0.717) is 6.42 Å². The van der Waals surface area contributed by atoms with Crippen molar-refractivity contribution in [3.8, 4) is 0 Å². The molecule has 1 amide bonds. The normalized spacial score (nSPS) is 12.8. The van der Waals surface area contributed by atoms with Crippen molar-refractivity contribution < 1.29 is 24.6 Å². The zero-order valence-electron chi connectivity index (χ0n) is 16.9. The average molecular weight is 394 g/mol. The van der Waals surface area contributed by atoms with Gasteiger partial charge in [0, 0.05) is 6.42 Å². The molecular formula is C22H35NO5. The highest BCUT2D eigenvalue weighted by molar-refractivity contribution is 5.86. The first-order valence-corrected chi connectivity index (χ1v) is 10.2. The summed E-state index contributed by atoms with van der Waals surface area (Å²) in [6.45, 7) is 2.21. The Morgan fingerprint density at radius 2 is 1.36 bits per heavy atom. The van der Waals surface area contributed by atoms with Crippen LogP contribution in [0.25, 0.3) is 0 Å². The van der Waals surface area contributed by atoms with Crippen LogP contribution in [0, 0.1) is 0 Å². The van der Waals surface area contributed by atoms with E-state index in [2.05, 4.69) is 48.7 Å². The van der Waals surface area contributed by atoms with Crippen LogP contribution in [0.15, 0.2) is 36.5 Å². The fourth-order valence-corrected chi connectivity index (χ4v) is 2.48. The molecular weight excluding hydrogens is 358 g/mol. The summed E-state index contributed by atoms with van der Waals surface area (Å²) in [7, 11) is 0. The minimum absolute atomic E-state index is 0.196. The van der Waals surface area contributed by atoms with Crippen molar-refractivity contribution in [3.63, 3.8) is 0 Å². The smallest absolute Gasteiger partial charge is 0.326 e. The first kappa shape index (κ1) is 25.6. The van der Waals surface area contributed by atoms with Crippen LogP contribution in [0.2, 0.25) is 0 Å². The standard InChI is InChI=1S/C22H35NO5/c1-2-3-4-5-6-7-8-9-10-11-12-13-14-15-16-17-20(24)23-19(22(27)28)18-21(25)26/h6-7,9-10,12-13,19H,2-5,8,11,14-18H2,1H3,(H,23,24)(H,25,26)(H,27,28)/b7-6-,10-9-,13-12-/t19-/m0/s1. The van der Waals surface area contributed by atoms with E-state index < -0.39 is 30.3 Å². The van der Waals surface area contributed by atoms with Gasteiger partial charge in [0.05, 0.1) is 6.42 Å². The van der Waals surface area contributed by atoms with Gasteiger partial charge in [0.2, 0.25) is 5.91 Å². The molecule has 0 bridgehead atoms. The van der Waals surface area contributed by atoms with Crippen LogP contribution >= 0.6 is 0 Å². The second kappa shape index (κ2) is 18.0. The number of hydrogen-bond acceptors (Lipinski definition) is 3. The fourth-order valence-electron chi connectivity index (χ4n) is 2.48. The van der Waals surface area contributed by atoms with Crippen LogP contribution in [0.3, 0.4) is 0 Å². The Kier molecular flexibility index (Phi) is 16.5. The maximum Gasteiger partial charge on any atom is 0.326 e. The van der Waals surface area contributed by atoms with Crippen LogP contribution in [0.5, 0.6) is 0 Å². The molecule has 0 radical (unpaired) electrons. The summed E-state index contributed by atoms with van der Waals surface area (Å²) in [6, 6.07) is -1.37. The van der Waals surface area contributed by atoms with Gasteiger partial charge >= 0.3 is 11.9 Å². The lowest BCUT2D eigenvalue weighted by Crippen LogP contribution is -2.42. The molecule has 0 saturated carbocycles. The van der Waals surface area contributed by atoms with E-state index >= 15 is 0 Å². The predicted molar refractivity (Wildman–Crippen MR) is 111 cm³/mol. The number of nitrogens with one attached hydrogen (secondary N) is 1. The molecule has 6 nitrogen and oxygen atoms in total. The Labute approximate surface area is 168 Å². The largest absolute Gasteiger partial charge is 0.481 e. The van der Waals surface area contributed by atoms with Gasteiger partial charge in [-0.25, -0.2) is 4.79 Å². The molecule has 0 rings (SSSR count). The second-order valence-electron chi connectivity index (χ2n) is 6.68. The third-order valence-electron chi connectivity index (χ3n) is 4.06. The van der Waals surface area contributed by atoms with Gasteiger partial charge in [-0.3, -0.25) is 9.59 Å². The highest BCUT2D eigenvalue weighted by Gasteiger charge is 2.22.